The Labute approximate surface area is 144 Å². The number of hydrogen-bond donors (Lipinski definition) is 2. The Bertz CT molecular complexity index is 879. The number of nitrogens with two attached hydrogens (primary N) is 1. The van der Waals surface area contributed by atoms with Gasteiger partial charge < -0.3 is 11.1 Å². The summed E-state index contributed by atoms with van der Waals surface area (Å²) in [5, 5.41) is 2.72. The molecule has 0 saturated carbocycles. The summed E-state index contributed by atoms with van der Waals surface area (Å²) >= 11 is 1.21. The van der Waals surface area contributed by atoms with E-state index in [2.05, 4.69) is 5.32 Å². The predicted octanol–water partition coefficient (Wildman–Crippen LogP) is 1.92. The third-order valence-electron chi connectivity index (χ3n) is 3.03. The zero-order chi connectivity index (χ0) is 17.7. The minimum Gasteiger partial charge on any atom is -0.369 e. The van der Waals surface area contributed by atoms with Gasteiger partial charge in [0.15, 0.2) is 9.84 Å². The van der Waals surface area contributed by atoms with Crippen molar-refractivity contribution in [3.05, 3.63) is 54.1 Å². The molecule has 2 aromatic rings. The number of para-hydroxylation sites is 1. The largest absolute Gasteiger partial charge is 0.369 e. The number of benzene rings is 2. The molecule has 0 saturated heterocycles. The van der Waals surface area contributed by atoms with Crippen molar-refractivity contribution >= 4 is 39.1 Å². The van der Waals surface area contributed by atoms with E-state index < -0.39 is 21.7 Å². The number of sulfone groups is 1. The fourth-order valence-corrected chi connectivity index (χ4v) is 3.32. The van der Waals surface area contributed by atoms with Crippen molar-refractivity contribution in [1.29, 1.82) is 0 Å². The zero-order valence-electron chi connectivity index (χ0n) is 12.9. The van der Waals surface area contributed by atoms with E-state index in [1.54, 1.807) is 24.3 Å². The number of anilines is 1. The van der Waals surface area contributed by atoms with Crippen LogP contribution < -0.4 is 11.1 Å². The normalized spacial score (nSPS) is 11.0. The third kappa shape index (κ3) is 4.84. The van der Waals surface area contributed by atoms with E-state index in [9.17, 15) is 18.0 Å². The molecular weight excluding hydrogens is 348 g/mol. The molecule has 2 rings (SSSR count). The Hall–Kier alpha value is -2.32. The standard InChI is InChI=1S/C16H16N2O4S2/c1-24(21,22)12-6-4-5-11(9-12)16(20)18-13-7-2-3-8-14(13)23-10-15(17)19/h2-9H,10H2,1H3,(H2,17,19)(H,18,20). The van der Waals surface area contributed by atoms with Gasteiger partial charge in [0, 0.05) is 16.7 Å². The number of amides is 2. The molecule has 0 heterocycles. The number of carbonyl (C=O) groups excluding carboxylic acids is 2. The van der Waals surface area contributed by atoms with Gasteiger partial charge in [0.1, 0.15) is 0 Å². The Kier molecular flexibility index (Phi) is 5.63. The molecule has 0 aliphatic rings. The molecule has 2 aromatic carbocycles. The first-order valence-corrected chi connectivity index (χ1v) is 9.76. The molecule has 0 spiro atoms. The van der Waals surface area contributed by atoms with E-state index in [1.165, 1.54) is 36.0 Å². The van der Waals surface area contributed by atoms with Crippen molar-refractivity contribution in [2.75, 3.05) is 17.3 Å². The number of nitrogens with one attached hydrogen (secondary N) is 1. The van der Waals surface area contributed by atoms with Gasteiger partial charge in [-0.3, -0.25) is 9.59 Å². The summed E-state index contributed by atoms with van der Waals surface area (Å²) in [6, 6.07) is 12.8. The number of thioether (sulfide) groups is 1. The molecular formula is C16H16N2O4S2. The van der Waals surface area contributed by atoms with E-state index >= 15 is 0 Å². The summed E-state index contributed by atoms with van der Waals surface area (Å²) < 4.78 is 23.2. The van der Waals surface area contributed by atoms with E-state index in [0.717, 1.165) is 6.26 Å². The van der Waals surface area contributed by atoms with Crippen LogP contribution in [0.5, 0.6) is 0 Å². The molecule has 0 radical (unpaired) electrons. The van der Waals surface area contributed by atoms with Crippen molar-refractivity contribution < 1.29 is 18.0 Å². The molecule has 126 valence electrons. The first-order chi connectivity index (χ1) is 11.3. The molecule has 0 unspecified atom stereocenters. The first kappa shape index (κ1) is 18.0. The average molecular weight is 364 g/mol. The average Bonchev–Trinajstić information content (AvgIpc) is 2.53. The maximum absolute atomic E-state index is 12.4. The van der Waals surface area contributed by atoms with Gasteiger partial charge in [-0.1, -0.05) is 18.2 Å². The van der Waals surface area contributed by atoms with Crippen molar-refractivity contribution in [2.45, 2.75) is 9.79 Å². The smallest absolute Gasteiger partial charge is 0.255 e. The van der Waals surface area contributed by atoms with Crippen LogP contribution in [-0.4, -0.2) is 32.2 Å². The van der Waals surface area contributed by atoms with Gasteiger partial charge in [0.05, 0.1) is 16.3 Å². The summed E-state index contributed by atoms with van der Waals surface area (Å²) in [5.41, 5.74) is 5.89. The van der Waals surface area contributed by atoms with Crippen LogP contribution in [0.4, 0.5) is 5.69 Å². The molecule has 6 nitrogen and oxygen atoms in total. The van der Waals surface area contributed by atoms with Crippen LogP contribution in [0.15, 0.2) is 58.3 Å². The van der Waals surface area contributed by atoms with Crippen LogP contribution in [-0.2, 0) is 14.6 Å². The van der Waals surface area contributed by atoms with E-state index in [0.29, 0.717) is 10.6 Å². The minimum atomic E-state index is -3.39. The monoisotopic (exact) mass is 364 g/mol. The predicted molar refractivity (Wildman–Crippen MR) is 93.9 cm³/mol. The molecule has 0 bridgehead atoms. The molecule has 0 aliphatic carbocycles. The lowest BCUT2D eigenvalue weighted by atomic mass is 10.2. The molecule has 3 N–H and O–H groups in total. The van der Waals surface area contributed by atoms with Crippen molar-refractivity contribution in [3.63, 3.8) is 0 Å². The van der Waals surface area contributed by atoms with Crippen LogP contribution >= 0.6 is 11.8 Å². The minimum absolute atomic E-state index is 0.0755. The number of carbonyl (C=O) groups is 2. The van der Waals surface area contributed by atoms with Gasteiger partial charge in [-0.15, -0.1) is 11.8 Å². The Morgan fingerprint density at radius 1 is 1.12 bits per heavy atom. The quantitative estimate of drug-likeness (QED) is 0.762. The second kappa shape index (κ2) is 7.50. The van der Waals surface area contributed by atoms with E-state index in [-0.39, 0.29) is 16.2 Å². The fraction of sp³-hybridized carbons (Fsp3) is 0.125. The molecule has 0 aromatic heterocycles. The summed E-state index contributed by atoms with van der Waals surface area (Å²) in [7, 11) is -3.39. The fourth-order valence-electron chi connectivity index (χ4n) is 1.91. The topological polar surface area (TPSA) is 106 Å². The van der Waals surface area contributed by atoms with Gasteiger partial charge in [-0.05, 0) is 30.3 Å². The maximum atomic E-state index is 12.4. The van der Waals surface area contributed by atoms with Crippen LogP contribution in [0.1, 0.15) is 10.4 Å². The first-order valence-electron chi connectivity index (χ1n) is 6.89. The summed E-state index contributed by atoms with van der Waals surface area (Å²) in [6.07, 6.45) is 1.08. The summed E-state index contributed by atoms with van der Waals surface area (Å²) in [5.74, 6) is -0.800. The number of primary amides is 1. The Morgan fingerprint density at radius 3 is 2.50 bits per heavy atom. The van der Waals surface area contributed by atoms with Gasteiger partial charge in [-0.2, -0.15) is 0 Å². The van der Waals surface area contributed by atoms with Crippen molar-refractivity contribution in [3.8, 4) is 0 Å². The van der Waals surface area contributed by atoms with Crippen LogP contribution in [0.3, 0.4) is 0 Å². The molecule has 0 fully saturated rings. The SMILES string of the molecule is CS(=O)(=O)c1cccc(C(=O)Nc2ccccc2SCC(N)=O)c1. The lowest BCUT2D eigenvalue weighted by molar-refractivity contribution is -0.115. The second-order valence-electron chi connectivity index (χ2n) is 5.01. The second-order valence-corrected chi connectivity index (χ2v) is 8.04. The van der Waals surface area contributed by atoms with Gasteiger partial charge >= 0.3 is 0 Å². The van der Waals surface area contributed by atoms with Gasteiger partial charge in [0.25, 0.3) is 5.91 Å². The zero-order valence-corrected chi connectivity index (χ0v) is 14.5. The Morgan fingerprint density at radius 2 is 1.83 bits per heavy atom. The highest BCUT2D eigenvalue weighted by Gasteiger charge is 2.13. The van der Waals surface area contributed by atoms with Crippen molar-refractivity contribution in [1.82, 2.24) is 0 Å². The molecule has 24 heavy (non-hydrogen) atoms. The van der Waals surface area contributed by atoms with Crippen molar-refractivity contribution in [2.24, 2.45) is 5.73 Å². The number of hydrogen-bond acceptors (Lipinski definition) is 5. The third-order valence-corrected chi connectivity index (χ3v) is 5.24. The van der Waals surface area contributed by atoms with Crippen LogP contribution in [0.2, 0.25) is 0 Å². The lowest BCUT2D eigenvalue weighted by Gasteiger charge is -2.10. The maximum Gasteiger partial charge on any atom is 0.255 e. The Balaban J connectivity index is 2.23. The summed E-state index contributed by atoms with van der Waals surface area (Å²) in [4.78, 5) is 24.1. The van der Waals surface area contributed by atoms with E-state index in [1.807, 2.05) is 0 Å². The highest BCUT2D eigenvalue weighted by atomic mass is 32.2. The highest BCUT2D eigenvalue weighted by molar-refractivity contribution is 8.00. The highest BCUT2D eigenvalue weighted by Crippen LogP contribution is 2.27. The van der Waals surface area contributed by atoms with Crippen LogP contribution in [0, 0.1) is 0 Å². The summed E-state index contributed by atoms with van der Waals surface area (Å²) in [6.45, 7) is 0. The molecule has 8 heteroatoms. The molecule has 0 aliphatic heterocycles. The lowest BCUT2D eigenvalue weighted by Crippen LogP contribution is -2.15. The van der Waals surface area contributed by atoms with Crippen LogP contribution in [0.25, 0.3) is 0 Å². The molecule has 0 atom stereocenters. The van der Waals surface area contributed by atoms with Gasteiger partial charge in [-0.25, -0.2) is 8.42 Å². The molecule has 2 amide bonds. The van der Waals surface area contributed by atoms with Gasteiger partial charge in [0.2, 0.25) is 5.91 Å². The number of rotatable bonds is 6. The van der Waals surface area contributed by atoms with E-state index in [4.69, 9.17) is 5.73 Å².